The second-order valence-corrected chi connectivity index (χ2v) is 11.0. The molecule has 0 aliphatic carbocycles. The van der Waals surface area contributed by atoms with Crippen LogP contribution in [0.1, 0.15) is 32.8 Å². The van der Waals surface area contributed by atoms with E-state index in [1.807, 2.05) is 13.8 Å². The molecule has 0 fully saturated rings. The highest BCUT2D eigenvalue weighted by molar-refractivity contribution is 7.92. The zero-order valence-corrected chi connectivity index (χ0v) is 22.7. The average Bonchev–Trinajstić information content (AvgIpc) is 2.81. The van der Waals surface area contributed by atoms with Crippen LogP contribution in [0.3, 0.4) is 0 Å². The van der Waals surface area contributed by atoms with Gasteiger partial charge in [-0.1, -0.05) is 36.2 Å². The number of hydrogen-bond acceptors (Lipinski definition) is 5. The number of ether oxygens (including phenoxy) is 1. The van der Waals surface area contributed by atoms with E-state index in [-0.39, 0.29) is 18.5 Å². The predicted octanol–water partition coefficient (Wildman–Crippen LogP) is 4.10. The number of halogens is 2. The van der Waals surface area contributed by atoms with Crippen molar-refractivity contribution in [3.8, 4) is 5.75 Å². The lowest BCUT2D eigenvalue weighted by molar-refractivity contribution is -0.139. The SMILES string of the molecule is CC[C@H](C)NC(=O)[C@@H](C)N(Cc1ccc(Cl)c(Cl)c1)C(=O)CN(c1ccc(OC)cc1)S(C)(=O)=O. The summed E-state index contributed by atoms with van der Waals surface area (Å²) in [6.45, 7) is 4.95. The summed E-state index contributed by atoms with van der Waals surface area (Å²) in [5, 5.41) is 3.54. The second kappa shape index (κ2) is 12.5. The van der Waals surface area contributed by atoms with E-state index >= 15 is 0 Å². The van der Waals surface area contributed by atoms with Gasteiger partial charge in [-0.3, -0.25) is 13.9 Å². The van der Waals surface area contributed by atoms with E-state index < -0.39 is 28.5 Å². The Bertz CT molecular complexity index is 1140. The standard InChI is InChI=1S/C24H31Cl2N3O5S/c1-6-16(2)27-24(31)17(3)28(14-18-7-12-21(25)22(26)13-18)23(30)15-29(35(5,32)33)19-8-10-20(34-4)11-9-19/h7-13,16-17H,6,14-15H2,1-5H3,(H,27,31)/t16-,17+/m0/s1. The van der Waals surface area contributed by atoms with E-state index in [1.165, 1.54) is 12.0 Å². The van der Waals surface area contributed by atoms with E-state index in [1.54, 1.807) is 49.4 Å². The summed E-state index contributed by atoms with van der Waals surface area (Å²) in [6.07, 6.45) is 1.74. The molecule has 2 aromatic carbocycles. The summed E-state index contributed by atoms with van der Waals surface area (Å²) in [6, 6.07) is 10.3. The Morgan fingerprint density at radius 3 is 2.20 bits per heavy atom. The largest absolute Gasteiger partial charge is 0.497 e. The van der Waals surface area contributed by atoms with Crippen molar-refractivity contribution in [1.29, 1.82) is 0 Å². The highest BCUT2D eigenvalue weighted by Gasteiger charge is 2.30. The zero-order chi connectivity index (χ0) is 26.3. The Labute approximate surface area is 217 Å². The third-order valence-electron chi connectivity index (χ3n) is 5.54. The molecule has 35 heavy (non-hydrogen) atoms. The molecule has 1 N–H and O–H groups in total. The third-order valence-corrected chi connectivity index (χ3v) is 7.42. The van der Waals surface area contributed by atoms with Crippen molar-refractivity contribution in [2.45, 2.75) is 45.8 Å². The van der Waals surface area contributed by atoms with E-state index in [0.717, 1.165) is 17.0 Å². The molecule has 192 valence electrons. The molecule has 2 aromatic rings. The number of hydrogen-bond donors (Lipinski definition) is 1. The van der Waals surface area contributed by atoms with Crippen molar-refractivity contribution in [3.05, 3.63) is 58.1 Å². The van der Waals surface area contributed by atoms with Gasteiger partial charge in [-0.2, -0.15) is 0 Å². The quantitative estimate of drug-likeness (QED) is 0.460. The van der Waals surface area contributed by atoms with Crippen molar-refractivity contribution in [3.63, 3.8) is 0 Å². The summed E-state index contributed by atoms with van der Waals surface area (Å²) in [5.74, 6) is -0.350. The fourth-order valence-corrected chi connectivity index (χ4v) is 4.42. The van der Waals surface area contributed by atoms with Crippen LogP contribution in [-0.2, 0) is 26.2 Å². The van der Waals surface area contributed by atoms with Crippen LogP contribution < -0.4 is 14.4 Å². The summed E-state index contributed by atoms with van der Waals surface area (Å²) in [7, 11) is -2.31. The van der Waals surface area contributed by atoms with Crippen LogP contribution in [0.4, 0.5) is 5.69 Å². The molecule has 0 aliphatic heterocycles. The van der Waals surface area contributed by atoms with Crippen LogP contribution in [0.5, 0.6) is 5.75 Å². The molecule has 0 heterocycles. The minimum absolute atomic E-state index is 0.0328. The summed E-state index contributed by atoms with van der Waals surface area (Å²) < 4.78 is 31.3. The van der Waals surface area contributed by atoms with Gasteiger partial charge in [-0.05, 0) is 62.2 Å². The number of benzene rings is 2. The van der Waals surface area contributed by atoms with Crippen molar-refractivity contribution < 1.29 is 22.7 Å². The van der Waals surface area contributed by atoms with Gasteiger partial charge >= 0.3 is 0 Å². The minimum atomic E-state index is -3.81. The molecule has 0 aromatic heterocycles. The minimum Gasteiger partial charge on any atom is -0.497 e. The van der Waals surface area contributed by atoms with E-state index in [9.17, 15) is 18.0 Å². The van der Waals surface area contributed by atoms with Crippen LogP contribution in [0.25, 0.3) is 0 Å². The lowest BCUT2D eigenvalue weighted by atomic mass is 10.1. The van der Waals surface area contributed by atoms with Gasteiger partial charge in [0.05, 0.1) is 29.1 Å². The number of anilines is 1. The maximum Gasteiger partial charge on any atom is 0.244 e. The Kier molecular flexibility index (Phi) is 10.2. The van der Waals surface area contributed by atoms with Gasteiger partial charge in [-0.25, -0.2) is 8.42 Å². The van der Waals surface area contributed by atoms with E-state index in [4.69, 9.17) is 27.9 Å². The molecule has 11 heteroatoms. The molecule has 2 amide bonds. The molecule has 2 rings (SSSR count). The van der Waals surface area contributed by atoms with Crippen LogP contribution in [-0.4, -0.2) is 57.1 Å². The Morgan fingerprint density at radius 1 is 1.06 bits per heavy atom. The summed E-state index contributed by atoms with van der Waals surface area (Å²) in [5.41, 5.74) is 0.944. The second-order valence-electron chi connectivity index (χ2n) is 8.23. The molecule has 0 aliphatic rings. The fourth-order valence-electron chi connectivity index (χ4n) is 3.25. The number of amides is 2. The van der Waals surface area contributed by atoms with Gasteiger partial charge in [0, 0.05) is 12.6 Å². The number of nitrogens with one attached hydrogen (secondary N) is 1. The first-order valence-electron chi connectivity index (χ1n) is 11.0. The summed E-state index contributed by atoms with van der Waals surface area (Å²) in [4.78, 5) is 27.7. The van der Waals surface area contributed by atoms with Crippen LogP contribution >= 0.6 is 23.2 Å². The highest BCUT2D eigenvalue weighted by atomic mass is 35.5. The van der Waals surface area contributed by atoms with E-state index in [0.29, 0.717) is 27.0 Å². The van der Waals surface area contributed by atoms with Gasteiger partial charge in [0.1, 0.15) is 18.3 Å². The van der Waals surface area contributed by atoms with Gasteiger partial charge in [0.15, 0.2) is 0 Å². The smallest absolute Gasteiger partial charge is 0.244 e. The molecule has 0 radical (unpaired) electrons. The van der Waals surface area contributed by atoms with Crippen LogP contribution in [0, 0.1) is 0 Å². The molecule has 8 nitrogen and oxygen atoms in total. The van der Waals surface area contributed by atoms with Crippen LogP contribution in [0.15, 0.2) is 42.5 Å². The van der Waals surface area contributed by atoms with Gasteiger partial charge in [0.25, 0.3) is 0 Å². The van der Waals surface area contributed by atoms with Crippen molar-refractivity contribution in [2.24, 2.45) is 0 Å². The maximum absolute atomic E-state index is 13.5. The average molecular weight is 545 g/mol. The Morgan fingerprint density at radius 2 is 1.69 bits per heavy atom. The normalized spacial score (nSPS) is 13.0. The van der Waals surface area contributed by atoms with Gasteiger partial charge < -0.3 is 15.0 Å². The molecule has 0 unspecified atom stereocenters. The number of rotatable bonds is 11. The zero-order valence-electron chi connectivity index (χ0n) is 20.4. The lowest BCUT2D eigenvalue weighted by Gasteiger charge is -2.32. The van der Waals surface area contributed by atoms with Crippen molar-refractivity contribution >= 4 is 50.7 Å². The maximum atomic E-state index is 13.5. The molecule has 0 bridgehead atoms. The fraction of sp³-hybridized carbons (Fsp3) is 0.417. The predicted molar refractivity (Wildman–Crippen MR) is 140 cm³/mol. The molecule has 0 saturated carbocycles. The molecule has 2 atom stereocenters. The monoisotopic (exact) mass is 543 g/mol. The number of carbonyl (C=O) groups excluding carboxylic acids is 2. The lowest BCUT2D eigenvalue weighted by Crippen LogP contribution is -2.52. The van der Waals surface area contributed by atoms with Gasteiger partial charge in [-0.15, -0.1) is 0 Å². The Hall–Kier alpha value is -2.49. The number of methoxy groups -OCH3 is 1. The number of sulfonamides is 1. The first-order chi connectivity index (χ1) is 16.4. The van der Waals surface area contributed by atoms with Crippen molar-refractivity contribution in [1.82, 2.24) is 10.2 Å². The molecular formula is C24H31Cl2N3O5S. The topological polar surface area (TPSA) is 96.0 Å². The van der Waals surface area contributed by atoms with Crippen molar-refractivity contribution in [2.75, 3.05) is 24.2 Å². The highest BCUT2D eigenvalue weighted by Crippen LogP contribution is 2.25. The molecule has 0 spiro atoms. The number of carbonyl (C=O) groups is 2. The van der Waals surface area contributed by atoms with Gasteiger partial charge in [0.2, 0.25) is 21.8 Å². The third kappa shape index (κ3) is 8.02. The number of nitrogens with zero attached hydrogens (tertiary/aromatic N) is 2. The molecule has 0 saturated heterocycles. The molecular weight excluding hydrogens is 513 g/mol. The first-order valence-corrected chi connectivity index (χ1v) is 13.6. The summed E-state index contributed by atoms with van der Waals surface area (Å²) >= 11 is 12.2. The Balaban J connectivity index is 2.40. The van der Waals surface area contributed by atoms with E-state index in [2.05, 4.69) is 5.32 Å². The first kappa shape index (κ1) is 28.7. The van der Waals surface area contributed by atoms with Crippen LogP contribution in [0.2, 0.25) is 10.0 Å².